The Labute approximate surface area is 121 Å². The minimum absolute atomic E-state index is 0.0354. The summed E-state index contributed by atoms with van der Waals surface area (Å²) in [5, 5.41) is 9.28. The van der Waals surface area contributed by atoms with Crippen LogP contribution in [0.3, 0.4) is 0 Å². The van der Waals surface area contributed by atoms with Crippen molar-refractivity contribution in [2.24, 2.45) is 0 Å². The van der Waals surface area contributed by atoms with Crippen molar-refractivity contribution < 1.29 is 24.2 Å². The smallest absolute Gasteiger partial charge is 0.415 e. The van der Waals surface area contributed by atoms with Crippen LogP contribution in [0.2, 0.25) is 0 Å². The van der Waals surface area contributed by atoms with Gasteiger partial charge in [0.25, 0.3) is 0 Å². The quantitative estimate of drug-likeness (QED) is 0.919. The number of carbonyl (C=O) groups excluding carboxylic acids is 2. The first-order chi connectivity index (χ1) is 9.93. The Balaban J connectivity index is 2.11. The van der Waals surface area contributed by atoms with Gasteiger partial charge in [-0.05, 0) is 18.6 Å². The maximum Gasteiger partial charge on any atom is 0.415 e. The highest BCUT2D eigenvalue weighted by Gasteiger charge is 2.45. The summed E-state index contributed by atoms with van der Waals surface area (Å²) in [5.41, 5.74) is -0.834. The van der Waals surface area contributed by atoms with Crippen LogP contribution in [0.5, 0.6) is 0 Å². The summed E-state index contributed by atoms with van der Waals surface area (Å²) in [6.45, 7) is 1.36. The van der Waals surface area contributed by atoms with Gasteiger partial charge in [0.2, 0.25) is 0 Å². The molecule has 1 N–H and O–H groups in total. The van der Waals surface area contributed by atoms with Gasteiger partial charge in [0.1, 0.15) is 6.61 Å². The first-order valence-corrected chi connectivity index (χ1v) is 6.38. The molecular formula is C15H15NO5. The summed E-state index contributed by atoms with van der Waals surface area (Å²) in [7, 11) is 0. The van der Waals surface area contributed by atoms with E-state index in [2.05, 4.69) is 0 Å². The summed E-state index contributed by atoms with van der Waals surface area (Å²) in [4.78, 5) is 35.8. The summed E-state index contributed by atoms with van der Waals surface area (Å²) in [5.74, 6) is -1.59. The lowest BCUT2D eigenvalue weighted by Crippen LogP contribution is -2.55. The van der Waals surface area contributed by atoms with E-state index in [0.29, 0.717) is 0 Å². The van der Waals surface area contributed by atoms with Crippen LogP contribution >= 0.6 is 0 Å². The van der Waals surface area contributed by atoms with Crippen LogP contribution in [0.1, 0.15) is 18.9 Å². The third kappa shape index (κ3) is 3.10. The molecule has 21 heavy (non-hydrogen) atoms. The normalized spacial score (nSPS) is 21.2. The van der Waals surface area contributed by atoms with Crippen LogP contribution < -0.4 is 0 Å². The van der Waals surface area contributed by atoms with Crippen LogP contribution in [0.25, 0.3) is 0 Å². The van der Waals surface area contributed by atoms with Crippen molar-refractivity contribution in [3.05, 3.63) is 48.2 Å². The summed E-state index contributed by atoms with van der Waals surface area (Å²) in [6, 6.07) is 9.04. The van der Waals surface area contributed by atoms with Gasteiger partial charge in [0, 0.05) is 12.6 Å². The molecule has 6 heteroatoms. The second-order valence-electron chi connectivity index (χ2n) is 4.95. The maximum absolute atomic E-state index is 12.1. The van der Waals surface area contributed by atoms with Crippen molar-refractivity contribution in [2.75, 3.05) is 0 Å². The molecular weight excluding hydrogens is 274 g/mol. The zero-order chi connectivity index (χ0) is 15.5. The van der Waals surface area contributed by atoms with Gasteiger partial charge in [-0.3, -0.25) is 9.69 Å². The molecule has 0 radical (unpaired) electrons. The van der Waals surface area contributed by atoms with Gasteiger partial charge in [-0.1, -0.05) is 30.3 Å². The number of carboxylic acids is 1. The maximum atomic E-state index is 12.1. The van der Waals surface area contributed by atoms with E-state index in [4.69, 9.17) is 4.74 Å². The van der Waals surface area contributed by atoms with Crippen LogP contribution in [0.4, 0.5) is 4.79 Å². The van der Waals surface area contributed by atoms with Crippen LogP contribution in [0.15, 0.2) is 42.6 Å². The number of ketones is 1. The van der Waals surface area contributed by atoms with Crippen LogP contribution in [-0.2, 0) is 20.9 Å². The lowest BCUT2D eigenvalue weighted by molar-refractivity contribution is -0.150. The average molecular weight is 289 g/mol. The number of benzene rings is 1. The highest BCUT2D eigenvalue weighted by atomic mass is 16.6. The lowest BCUT2D eigenvalue weighted by Gasteiger charge is -2.36. The number of carboxylic acid groups (broad SMARTS) is 1. The zero-order valence-corrected chi connectivity index (χ0v) is 11.5. The third-order valence-electron chi connectivity index (χ3n) is 3.32. The molecule has 0 aliphatic carbocycles. The van der Waals surface area contributed by atoms with Gasteiger partial charge in [0.05, 0.1) is 0 Å². The molecule has 1 aromatic rings. The van der Waals surface area contributed by atoms with Gasteiger partial charge in [-0.15, -0.1) is 0 Å². The van der Waals surface area contributed by atoms with Gasteiger partial charge in [0.15, 0.2) is 11.3 Å². The van der Waals surface area contributed by atoms with E-state index >= 15 is 0 Å². The Morgan fingerprint density at radius 1 is 1.33 bits per heavy atom. The summed E-state index contributed by atoms with van der Waals surface area (Å²) >= 11 is 0. The van der Waals surface area contributed by atoms with Crippen molar-refractivity contribution in [3.8, 4) is 0 Å². The molecule has 0 fully saturated rings. The van der Waals surface area contributed by atoms with E-state index in [1.807, 2.05) is 18.2 Å². The zero-order valence-electron chi connectivity index (χ0n) is 11.5. The topological polar surface area (TPSA) is 83.9 Å². The molecule has 1 heterocycles. The van der Waals surface area contributed by atoms with Gasteiger partial charge >= 0.3 is 12.1 Å². The third-order valence-corrected chi connectivity index (χ3v) is 3.32. The van der Waals surface area contributed by atoms with Crippen molar-refractivity contribution >= 4 is 17.8 Å². The largest absolute Gasteiger partial charge is 0.479 e. The molecule has 1 aromatic carbocycles. The number of carbonyl (C=O) groups is 3. The molecule has 0 saturated carbocycles. The van der Waals surface area contributed by atoms with Gasteiger partial charge in [-0.25, -0.2) is 9.59 Å². The standard InChI is InChI=1S/C15H15NO5/c1-15(13(18)19)9-12(17)7-8-16(15)14(20)21-10-11-5-3-2-4-6-11/h2-8H,9-10H2,1H3,(H,18,19). The van der Waals surface area contributed by atoms with E-state index in [-0.39, 0.29) is 18.8 Å². The number of ether oxygens (including phenoxy) is 1. The molecule has 1 aliphatic heterocycles. The Morgan fingerprint density at radius 2 is 2.00 bits per heavy atom. The van der Waals surface area contributed by atoms with E-state index in [9.17, 15) is 19.5 Å². The fraction of sp³-hybridized carbons (Fsp3) is 0.267. The van der Waals surface area contributed by atoms with Crippen molar-refractivity contribution in [3.63, 3.8) is 0 Å². The molecule has 0 spiro atoms. The Kier molecular flexibility index (Phi) is 4.07. The fourth-order valence-corrected chi connectivity index (χ4v) is 2.04. The highest BCUT2D eigenvalue weighted by Crippen LogP contribution is 2.26. The number of aliphatic carboxylic acids is 1. The van der Waals surface area contributed by atoms with E-state index in [0.717, 1.165) is 16.7 Å². The number of hydrogen-bond donors (Lipinski definition) is 1. The molecule has 2 rings (SSSR count). The molecule has 1 amide bonds. The monoisotopic (exact) mass is 289 g/mol. The number of hydrogen-bond acceptors (Lipinski definition) is 4. The Bertz CT molecular complexity index is 595. The van der Waals surface area contributed by atoms with Crippen LogP contribution in [-0.4, -0.2) is 33.4 Å². The number of rotatable bonds is 3. The predicted molar refractivity (Wildman–Crippen MR) is 73.3 cm³/mol. The summed E-state index contributed by atoms with van der Waals surface area (Å²) < 4.78 is 5.11. The number of nitrogens with zero attached hydrogens (tertiary/aromatic N) is 1. The molecule has 1 aliphatic rings. The molecule has 1 unspecified atom stereocenters. The first kappa shape index (κ1) is 14.8. The average Bonchev–Trinajstić information content (AvgIpc) is 2.45. The Hall–Kier alpha value is -2.63. The molecule has 1 atom stereocenters. The SMILES string of the molecule is CC1(C(=O)O)CC(=O)C=CN1C(=O)OCc1ccccc1. The number of allylic oxidation sites excluding steroid dienone is 1. The van der Waals surface area contributed by atoms with Gasteiger partial charge in [-0.2, -0.15) is 0 Å². The summed E-state index contributed by atoms with van der Waals surface area (Å²) in [6.07, 6.45) is 1.26. The van der Waals surface area contributed by atoms with Crippen molar-refractivity contribution in [1.29, 1.82) is 0 Å². The number of amides is 1. The van der Waals surface area contributed by atoms with Crippen molar-refractivity contribution in [2.45, 2.75) is 25.5 Å². The minimum atomic E-state index is -1.63. The molecule has 0 aromatic heterocycles. The predicted octanol–water partition coefficient (Wildman–Crippen LogP) is 1.96. The molecule has 0 saturated heterocycles. The second-order valence-corrected chi connectivity index (χ2v) is 4.95. The molecule has 6 nitrogen and oxygen atoms in total. The van der Waals surface area contributed by atoms with E-state index in [1.54, 1.807) is 12.1 Å². The molecule has 0 bridgehead atoms. The highest BCUT2D eigenvalue weighted by molar-refractivity contribution is 5.99. The lowest BCUT2D eigenvalue weighted by atomic mass is 9.91. The fourth-order valence-electron chi connectivity index (χ4n) is 2.04. The van der Waals surface area contributed by atoms with E-state index < -0.39 is 17.6 Å². The van der Waals surface area contributed by atoms with Gasteiger partial charge < -0.3 is 9.84 Å². The van der Waals surface area contributed by atoms with E-state index in [1.165, 1.54) is 13.0 Å². The first-order valence-electron chi connectivity index (χ1n) is 6.38. The Morgan fingerprint density at radius 3 is 2.62 bits per heavy atom. The molecule has 110 valence electrons. The second kappa shape index (κ2) is 5.78. The minimum Gasteiger partial charge on any atom is -0.479 e. The van der Waals surface area contributed by atoms with Crippen molar-refractivity contribution in [1.82, 2.24) is 4.90 Å². The van der Waals surface area contributed by atoms with Crippen LogP contribution in [0, 0.1) is 0 Å².